The van der Waals surface area contributed by atoms with E-state index in [1.165, 1.54) is 45.1 Å². The van der Waals surface area contributed by atoms with Gasteiger partial charge in [-0.2, -0.15) is 0 Å². The number of carbonyl (C=O) groups is 7. The van der Waals surface area contributed by atoms with Crippen molar-refractivity contribution in [3.8, 4) is 57.1 Å². The number of H-pyrrole nitrogens is 1. The van der Waals surface area contributed by atoms with Gasteiger partial charge >= 0.3 is 36.1 Å². The lowest BCUT2D eigenvalue weighted by Gasteiger charge is -2.37. The molecule has 2 aliphatic carbocycles. The lowest BCUT2D eigenvalue weighted by atomic mass is 9.86. The normalized spacial score (nSPS) is 14.9. The van der Waals surface area contributed by atoms with Crippen LogP contribution >= 0.6 is 58.0 Å². The number of nitrogens with one attached hydrogen (secondary N) is 2. The molecule has 2 amide bonds. The zero-order valence-electron chi connectivity index (χ0n) is 71.8. The van der Waals surface area contributed by atoms with Crippen molar-refractivity contribution < 1.29 is 71.5 Å². The molecule has 0 fully saturated rings. The van der Waals surface area contributed by atoms with Gasteiger partial charge in [0.15, 0.2) is 0 Å². The Morgan fingerprint density at radius 1 is 0.452 bits per heavy atom. The second-order valence-corrected chi connectivity index (χ2v) is 33.8. The number of hydrogen-bond acceptors (Lipinski definition) is 21. The quantitative estimate of drug-likeness (QED) is 0.0580. The van der Waals surface area contributed by atoms with E-state index in [4.69, 9.17) is 106 Å². The van der Waals surface area contributed by atoms with Gasteiger partial charge in [0.1, 0.15) is 77.3 Å². The molecule has 0 spiro atoms. The highest BCUT2D eigenvalue weighted by atomic mass is 35.5. The van der Waals surface area contributed by atoms with E-state index in [0.717, 1.165) is 161 Å². The number of carbonyl (C=O) groups excluding carboxylic acids is 7. The number of Topliss-reactive ketones (excluding diaryl/α,β-unsaturated/α-hetero) is 1. The topological polar surface area (TPSA) is 297 Å². The summed E-state index contributed by atoms with van der Waals surface area (Å²) in [6.45, 7) is 16.5. The average Bonchev–Trinajstić information content (AvgIpc) is 1.63. The Kier molecular flexibility index (Phi) is 32.7. The van der Waals surface area contributed by atoms with Crippen molar-refractivity contribution in [2.24, 2.45) is 0 Å². The SMILES string of the molecule is CC(C)(C)OC(=O)N1CCc2nc(-c3ccccc3Cl)[nH]c2C1.COC(=O)CCl.COC(=O)Cn1c(-c2ccccc2Cl)nc2c1CN(C(=O)OC(C)(C)C)CC2.COC(=O)Cn1c(-c2ccccc2Cl)nc2c1CN(C1CCc3cccc(OC)c3C1)CC2.COC(=O)Cn1c(-c2ccccc2Cl)nc2c1CNCC2.COc1cccc2c1CC(=O)CC2. The van der Waals surface area contributed by atoms with Crippen LogP contribution in [0.3, 0.4) is 0 Å². The minimum atomic E-state index is -0.577. The number of imidazole rings is 4. The van der Waals surface area contributed by atoms with Crippen molar-refractivity contribution >= 4 is 99.9 Å². The van der Waals surface area contributed by atoms with Gasteiger partial charge in [-0.05, 0) is 145 Å². The van der Waals surface area contributed by atoms with Crippen LogP contribution in [0.4, 0.5) is 9.59 Å². The first-order valence-electron chi connectivity index (χ1n) is 40.8. The van der Waals surface area contributed by atoms with E-state index in [-0.39, 0.29) is 49.6 Å². The second kappa shape index (κ2) is 43.2. The number of nitrogens with zero attached hydrogens (tertiary/aromatic N) is 10. The number of benzene rings is 6. The molecule has 1 atom stereocenters. The monoisotopic (exact) mass is 1790 g/mol. The van der Waals surface area contributed by atoms with Gasteiger partial charge in [0, 0.05) is 112 Å². The highest BCUT2D eigenvalue weighted by Crippen LogP contribution is 2.39. The minimum absolute atomic E-state index is 0.0124. The van der Waals surface area contributed by atoms with Gasteiger partial charge in [-0.25, -0.2) is 29.5 Å². The number of rotatable bonds is 14. The van der Waals surface area contributed by atoms with E-state index < -0.39 is 23.1 Å². The van der Waals surface area contributed by atoms with Gasteiger partial charge in [0.05, 0.1) is 121 Å². The smallest absolute Gasteiger partial charge is 0.410 e. The molecule has 2 N–H and O–H groups in total. The summed E-state index contributed by atoms with van der Waals surface area (Å²) in [7, 11) is 8.83. The Morgan fingerprint density at radius 2 is 0.879 bits per heavy atom. The summed E-state index contributed by atoms with van der Waals surface area (Å²) in [6.07, 6.45) is 7.50. The molecule has 8 heterocycles. The van der Waals surface area contributed by atoms with E-state index in [1.807, 2.05) is 154 Å². The number of ketones is 1. The maximum atomic E-state index is 12.5. The molecule has 0 bridgehead atoms. The lowest BCUT2D eigenvalue weighted by molar-refractivity contribution is -0.142. The third kappa shape index (κ3) is 24.0. The molecule has 124 heavy (non-hydrogen) atoms. The highest BCUT2D eigenvalue weighted by molar-refractivity contribution is 6.34. The first-order valence-corrected chi connectivity index (χ1v) is 42.9. The van der Waals surface area contributed by atoms with E-state index >= 15 is 0 Å². The summed E-state index contributed by atoms with van der Waals surface area (Å²) < 4.78 is 46.2. The maximum absolute atomic E-state index is 12.5. The Hall–Kier alpha value is -10.8. The number of hydrogen-bond donors (Lipinski definition) is 2. The lowest BCUT2D eigenvalue weighted by Crippen LogP contribution is -2.43. The third-order valence-electron chi connectivity index (χ3n) is 21.4. The van der Waals surface area contributed by atoms with Crippen LogP contribution < -0.4 is 14.8 Å². The number of fused-ring (bicyclic) bond motifs is 6. The molecule has 6 aromatic carbocycles. The molecule has 1 unspecified atom stereocenters. The molecular formula is C92H105Cl5N12O15. The van der Waals surface area contributed by atoms with Crippen LogP contribution in [0.25, 0.3) is 45.6 Å². The van der Waals surface area contributed by atoms with E-state index in [1.54, 1.807) is 34.7 Å². The highest BCUT2D eigenvalue weighted by Gasteiger charge is 2.36. The zero-order valence-corrected chi connectivity index (χ0v) is 75.6. The average molecular weight is 1800 g/mol. The van der Waals surface area contributed by atoms with Crippen LogP contribution in [-0.2, 0) is 150 Å². The van der Waals surface area contributed by atoms with E-state index in [9.17, 15) is 33.6 Å². The third-order valence-corrected chi connectivity index (χ3v) is 22.9. The Balaban J connectivity index is 0.000000152. The van der Waals surface area contributed by atoms with Crippen LogP contribution in [0, 0.1) is 0 Å². The summed E-state index contributed by atoms with van der Waals surface area (Å²) in [5.41, 5.74) is 15.0. The van der Waals surface area contributed by atoms with E-state index in [2.05, 4.69) is 49.2 Å². The largest absolute Gasteiger partial charge is 0.496 e. The van der Waals surface area contributed by atoms with Gasteiger partial charge in [0.2, 0.25) is 0 Å². The molecule has 4 aliphatic heterocycles. The van der Waals surface area contributed by atoms with Crippen molar-refractivity contribution in [1.82, 2.24) is 58.6 Å². The molecular weight excluding hydrogens is 1690 g/mol. The van der Waals surface area contributed by atoms with Gasteiger partial charge in [0.25, 0.3) is 0 Å². The molecule has 27 nitrogen and oxygen atoms in total. The summed E-state index contributed by atoms with van der Waals surface area (Å²) in [5, 5.41) is 5.75. The van der Waals surface area contributed by atoms with Crippen LogP contribution in [0.5, 0.6) is 11.5 Å². The predicted octanol–water partition coefficient (Wildman–Crippen LogP) is 16.2. The van der Waals surface area contributed by atoms with Crippen molar-refractivity contribution in [1.29, 1.82) is 0 Å². The van der Waals surface area contributed by atoms with Crippen molar-refractivity contribution in [3.05, 3.63) is 221 Å². The number of halogens is 5. The number of aromatic nitrogens is 8. The fourth-order valence-electron chi connectivity index (χ4n) is 15.3. The first kappa shape index (κ1) is 93.9. The standard InChI is InChI=1S/C26H28ClN3O3.C20H24ClN3O4.C17H20ClN3O2.C15H16ClN3O2.C11H12O2.C3H5ClO2/c1-32-24-9-5-6-17-10-11-18(14-20(17)24)29-13-12-22-23(15-29)30(16-25(31)33-2)26(28-22)19-7-3-4-8-21(19)27;1-20(2,3)28-19(26)23-10-9-15-16(11-23)24(12-17(25)27-4)18(22-15)13-7-5-6-8-14(13)21;1-17(2,3)23-16(22)21-9-8-13-14(10-21)20-15(19-13)11-6-4-5-7-12(11)18;1-21-14(20)9-19-13-8-17-7-6-12(13)18-15(19)10-4-2-3-5-11(10)16;1-13-11-4-2-3-8-5-6-9(12)7-10(8)11;1-6-3(5)2-4/h3-9,18H,10-16H2,1-2H3;5-8H,9-12H2,1-4H3;4-7H,8-10H2,1-3H3,(H,19,20);2-5,17H,6-9H2,1H3;2-4H,5-7H2,1H3;2H2,1H3. The second-order valence-electron chi connectivity index (χ2n) is 31.9. The Bertz CT molecular complexity index is 5440. The summed E-state index contributed by atoms with van der Waals surface area (Å²) in [4.78, 5) is 110. The van der Waals surface area contributed by atoms with Crippen LogP contribution in [-0.4, -0.2) is 187 Å². The van der Waals surface area contributed by atoms with Crippen molar-refractivity contribution in [2.75, 3.05) is 74.7 Å². The van der Waals surface area contributed by atoms with E-state index in [0.29, 0.717) is 96.1 Å². The summed E-state index contributed by atoms with van der Waals surface area (Å²) in [5.74, 6) is 3.49. The molecule has 16 rings (SSSR count). The zero-order chi connectivity index (χ0) is 89.1. The number of methoxy groups -OCH3 is 6. The molecule has 6 aliphatic rings. The van der Waals surface area contributed by atoms with Crippen LogP contribution in [0.1, 0.15) is 122 Å². The van der Waals surface area contributed by atoms with Gasteiger partial charge in [-0.3, -0.25) is 28.9 Å². The van der Waals surface area contributed by atoms with Gasteiger partial charge in [-0.15, -0.1) is 11.6 Å². The molecule has 0 radical (unpaired) electrons. The number of alkyl halides is 1. The molecule has 0 saturated heterocycles. The molecule has 658 valence electrons. The number of amides is 2. The molecule has 10 aromatic rings. The molecule has 0 saturated carbocycles. The number of aryl methyl sites for hydroxylation is 2. The molecule has 32 heteroatoms. The maximum Gasteiger partial charge on any atom is 0.410 e. The van der Waals surface area contributed by atoms with Crippen LogP contribution in [0.15, 0.2) is 133 Å². The number of aromatic amines is 1. The van der Waals surface area contributed by atoms with Gasteiger partial charge < -0.3 is 71.7 Å². The fraction of sp³-hybridized carbons (Fsp3) is 0.402. The Morgan fingerprint density at radius 3 is 1.34 bits per heavy atom. The first-order chi connectivity index (χ1) is 59.4. The van der Waals surface area contributed by atoms with Crippen molar-refractivity contribution in [2.45, 2.75) is 169 Å². The number of esters is 4. The Labute approximate surface area is 747 Å². The van der Waals surface area contributed by atoms with Gasteiger partial charge in [-0.1, -0.05) is 119 Å². The number of ether oxygens (including phenoxy) is 8. The summed E-state index contributed by atoms with van der Waals surface area (Å²) in [6, 6.07) is 42.8. The fourth-order valence-corrected chi connectivity index (χ4v) is 16.3. The predicted molar refractivity (Wildman–Crippen MR) is 475 cm³/mol. The summed E-state index contributed by atoms with van der Waals surface area (Å²) >= 11 is 30.3. The van der Waals surface area contributed by atoms with Crippen molar-refractivity contribution in [3.63, 3.8) is 0 Å². The minimum Gasteiger partial charge on any atom is -0.496 e. The molecule has 4 aromatic heterocycles. The van der Waals surface area contributed by atoms with Crippen LogP contribution in [0.2, 0.25) is 20.1 Å².